The molecule has 2 N–H and O–H groups in total. The van der Waals surface area contributed by atoms with Crippen LogP contribution in [0.3, 0.4) is 0 Å². The highest BCUT2D eigenvalue weighted by atomic mass is 19.2. The molecule has 2 aromatic rings. The van der Waals surface area contributed by atoms with Crippen molar-refractivity contribution in [2.24, 2.45) is 0 Å². The maximum Gasteiger partial charge on any atom is 0.238 e. The van der Waals surface area contributed by atoms with Gasteiger partial charge in [-0.25, -0.2) is 8.78 Å². The topological polar surface area (TPSA) is 67.3 Å². The van der Waals surface area contributed by atoms with Crippen LogP contribution in [0.1, 0.15) is 6.99 Å². The zero-order valence-electron chi connectivity index (χ0n) is 11.2. The highest BCUT2D eigenvalue weighted by molar-refractivity contribution is 5.33. The van der Waals surface area contributed by atoms with Crippen LogP contribution in [0.4, 0.5) is 8.78 Å². The largest absolute Gasteiger partial charge is 0.437 e. The number of benzene rings is 1. The fourth-order valence-electron chi connectivity index (χ4n) is 1.75. The predicted octanol–water partition coefficient (Wildman–Crippen LogP) is 1.92. The minimum Gasteiger partial charge on any atom is -0.437 e. The van der Waals surface area contributed by atoms with Gasteiger partial charge in [-0.15, -0.1) is 5.10 Å². The van der Waals surface area contributed by atoms with Gasteiger partial charge in [0.05, 0.1) is 6.61 Å². The Morgan fingerprint density at radius 2 is 2.14 bits per heavy atom. The average Bonchev–Trinajstić information content (AvgIpc) is 2.49. The van der Waals surface area contributed by atoms with Crippen LogP contribution < -0.4 is 10.1 Å². The fraction of sp³-hybridized carbons (Fsp3) is 0.286. The number of ether oxygens (including phenoxy) is 1. The van der Waals surface area contributed by atoms with Gasteiger partial charge in [0, 0.05) is 26.3 Å². The van der Waals surface area contributed by atoms with E-state index in [1.54, 1.807) is 12.1 Å². The number of halogens is 2. The van der Waals surface area contributed by atoms with E-state index >= 15 is 0 Å². The third kappa shape index (κ3) is 4.44. The second-order valence-electron chi connectivity index (χ2n) is 4.27. The number of hydrogen-bond acceptors (Lipinski definition) is 5. The van der Waals surface area contributed by atoms with Crippen LogP contribution in [0.2, 0.25) is 0 Å². The lowest BCUT2D eigenvalue weighted by molar-refractivity contribution is 0.292. The van der Waals surface area contributed by atoms with E-state index in [4.69, 9.17) is 9.84 Å². The van der Waals surface area contributed by atoms with Crippen LogP contribution in [0, 0.1) is 11.6 Å². The van der Waals surface area contributed by atoms with Crippen LogP contribution in [0.15, 0.2) is 30.5 Å². The Morgan fingerprint density at radius 3 is 2.86 bits per heavy atom. The molecular formula is C14H17F2N3O2. The summed E-state index contributed by atoms with van der Waals surface area (Å²) < 4.78 is 32.6. The predicted molar refractivity (Wildman–Crippen MR) is 74.2 cm³/mol. The molecule has 0 radical (unpaired) electrons. The van der Waals surface area contributed by atoms with Crippen LogP contribution in [-0.2, 0) is 6.42 Å². The Balaban J connectivity index is 0.00000242. The maximum atomic E-state index is 13.7. The van der Waals surface area contributed by atoms with Crippen molar-refractivity contribution < 1.29 is 20.1 Å². The highest BCUT2D eigenvalue weighted by Gasteiger charge is 2.12. The number of hydrogen-bond donors (Lipinski definition) is 2. The third-order valence-electron chi connectivity index (χ3n) is 2.71. The SMILES string of the molecule is OCCNCCc1cc(Oc2cccnn2)cc(F)c1F.[HH]. The lowest BCUT2D eigenvalue weighted by atomic mass is 10.1. The van der Waals surface area contributed by atoms with Crippen LogP contribution in [0.5, 0.6) is 11.6 Å². The van der Waals surface area contributed by atoms with E-state index in [0.717, 1.165) is 6.07 Å². The zero-order valence-corrected chi connectivity index (χ0v) is 11.2. The van der Waals surface area contributed by atoms with Crippen molar-refractivity contribution in [2.75, 3.05) is 19.7 Å². The van der Waals surface area contributed by atoms with Gasteiger partial charge in [-0.05, 0) is 30.7 Å². The van der Waals surface area contributed by atoms with Crippen LogP contribution in [-0.4, -0.2) is 35.0 Å². The number of nitrogens with zero attached hydrogens (tertiary/aromatic N) is 2. The van der Waals surface area contributed by atoms with Gasteiger partial charge in [0.25, 0.3) is 0 Å². The third-order valence-corrected chi connectivity index (χ3v) is 2.71. The molecule has 0 fully saturated rings. The molecule has 0 aliphatic rings. The van der Waals surface area contributed by atoms with Crippen LogP contribution in [0.25, 0.3) is 0 Å². The fourth-order valence-corrected chi connectivity index (χ4v) is 1.75. The van der Waals surface area contributed by atoms with Crippen LogP contribution >= 0.6 is 0 Å². The Kier molecular flexibility index (Phi) is 5.53. The molecule has 0 spiro atoms. The normalized spacial score (nSPS) is 10.6. The Bertz CT molecular complexity index is 588. The van der Waals surface area contributed by atoms with Crippen molar-refractivity contribution in [3.63, 3.8) is 0 Å². The average molecular weight is 297 g/mol. The van der Waals surface area contributed by atoms with Gasteiger partial charge in [-0.3, -0.25) is 0 Å². The summed E-state index contributed by atoms with van der Waals surface area (Å²) in [6.07, 6.45) is 1.76. The molecule has 0 aliphatic heterocycles. The number of nitrogens with one attached hydrogen (secondary N) is 1. The first-order chi connectivity index (χ1) is 10.2. The number of rotatable bonds is 7. The van der Waals surface area contributed by atoms with Gasteiger partial charge < -0.3 is 15.2 Å². The Morgan fingerprint density at radius 1 is 1.29 bits per heavy atom. The van der Waals surface area contributed by atoms with Gasteiger partial charge in [0.15, 0.2) is 11.6 Å². The van der Waals surface area contributed by atoms with Crippen molar-refractivity contribution in [3.8, 4) is 11.6 Å². The lowest BCUT2D eigenvalue weighted by Gasteiger charge is -2.09. The molecule has 0 bridgehead atoms. The van der Waals surface area contributed by atoms with Crippen molar-refractivity contribution in [1.29, 1.82) is 0 Å². The molecule has 0 atom stereocenters. The second-order valence-corrected chi connectivity index (χ2v) is 4.27. The molecule has 0 aliphatic carbocycles. The monoisotopic (exact) mass is 297 g/mol. The van der Waals surface area contributed by atoms with Crippen molar-refractivity contribution in [3.05, 3.63) is 47.7 Å². The van der Waals surface area contributed by atoms with Crippen molar-refractivity contribution in [2.45, 2.75) is 6.42 Å². The summed E-state index contributed by atoms with van der Waals surface area (Å²) in [6.45, 7) is 0.818. The number of aliphatic hydroxyl groups excluding tert-OH is 1. The molecule has 7 heteroatoms. The minimum absolute atomic E-state index is 0. The summed E-state index contributed by atoms with van der Waals surface area (Å²) in [7, 11) is 0. The number of aromatic nitrogens is 2. The molecule has 1 aromatic heterocycles. The zero-order chi connectivity index (χ0) is 15.1. The second kappa shape index (κ2) is 7.61. The summed E-state index contributed by atoms with van der Waals surface area (Å²) >= 11 is 0. The molecule has 2 rings (SSSR count). The van der Waals surface area contributed by atoms with E-state index in [2.05, 4.69) is 15.5 Å². The standard InChI is InChI=1S/C14H15F2N3O2.H2/c15-12-9-11(21-13-2-1-4-18-19-13)8-10(14(12)16)3-5-17-6-7-20;/h1-2,4,8-9,17,20H,3,5-7H2;1H. The first-order valence-electron chi connectivity index (χ1n) is 6.45. The van der Waals surface area contributed by atoms with Crippen molar-refractivity contribution >= 4 is 0 Å². The summed E-state index contributed by atoms with van der Waals surface area (Å²) in [5, 5.41) is 18.9. The molecule has 1 heterocycles. The molecular weight excluding hydrogens is 280 g/mol. The molecule has 21 heavy (non-hydrogen) atoms. The lowest BCUT2D eigenvalue weighted by Crippen LogP contribution is -2.21. The van der Waals surface area contributed by atoms with Gasteiger partial charge >= 0.3 is 0 Å². The first kappa shape index (κ1) is 15.3. The van der Waals surface area contributed by atoms with Gasteiger partial charge in [0.1, 0.15) is 5.75 Å². The maximum absolute atomic E-state index is 13.7. The van der Waals surface area contributed by atoms with Gasteiger partial charge in [-0.2, -0.15) is 5.10 Å². The van der Waals surface area contributed by atoms with E-state index in [1.807, 2.05) is 0 Å². The van der Waals surface area contributed by atoms with Gasteiger partial charge in [0.2, 0.25) is 5.88 Å². The van der Waals surface area contributed by atoms with Gasteiger partial charge in [-0.1, -0.05) is 0 Å². The number of aliphatic hydroxyl groups is 1. The molecule has 0 saturated heterocycles. The first-order valence-corrected chi connectivity index (χ1v) is 6.45. The molecule has 0 amide bonds. The highest BCUT2D eigenvalue weighted by Crippen LogP contribution is 2.24. The summed E-state index contributed by atoms with van der Waals surface area (Å²) in [5.74, 6) is -1.51. The quantitative estimate of drug-likeness (QED) is 0.764. The smallest absolute Gasteiger partial charge is 0.238 e. The molecule has 114 valence electrons. The van der Waals surface area contributed by atoms with E-state index in [1.165, 1.54) is 12.3 Å². The van der Waals surface area contributed by atoms with Crippen molar-refractivity contribution in [1.82, 2.24) is 15.5 Å². The van der Waals surface area contributed by atoms with E-state index in [9.17, 15) is 8.78 Å². The molecule has 0 unspecified atom stereocenters. The molecule has 5 nitrogen and oxygen atoms in total. The van der Waals surface area contributed by atoms with E-state index < -0.39 is 11.6 Å². The molecule has 0 saturated carbocycles. The summed E-state index contributed by atoms with van der Waals surface area (Å²) in [5.41, 5.74) is 0.194. The van der Waals surface area contributed by atoms with E-state index in [-0.39, 0.29) is 31.6 Å². The molecule has 1 aromatic carbocycles. The minimum atomic E-state index is -0.978. The Labute approximate surface area is 122 Å². The summed E-state index contributed by atoms with van der Waals surface area (Å²) in [4.78, 5) is 0. The Hall–Kier alpha value is -2.12. The van der Waals surface area contributed by atoms with E-state index in [0.29, 0.717) is 13.1 Å². The summed E-state index contributed by atoms with van der Waals surface area (Å²) in [6, 6.07) is 5.58.